The van der Waals surface area contributed by atoms with E-state index >= 15 is 0 Å². The highest BCUT2D eigenvalue weighted by Crippen LogP contribution is 2.22. The molecule has 0 radical (unpaired) electrons. The molecule has 4 aromatic rings. The van der Waals surface area contributed by atoms with Gasteiger partial charge in [0.25, 0.3) is 0 Å². The van der Waals surface area contributed by atoms with Gasteiger partial charge in [0.2, 0.25) is 17.7 Å². The zero-order chi connectivity index (χ0) is 40.6. The summed E-state index contributed by atoms with van der Waals surface area (Å²) >= 11 is 0. The molecule has 57 heavy (non-hydrogen) atoms. The molecule has 0 spiro atoms. The number of benzene rings is 4. The lowest BCUT2D eigenvalue weighted by molar-refractivity contribution is -0.132. The van der Waals surface area contributed by atoms with Crippen LogP contribution in [0, 0.1) is 10.8 Å². The van der Waals surface area contributed by atoms with E-state index in [0.717, 1.165) is 46.2 Å². The van der Waals surface area contributed by atoms with Gasteiger partial charge >= 0.3 is 0 Å². The predicted octanol–water partition coefficient (Wildman–Crippen LogP) is 3.67. The summed E-state index contributed by atoms with van der Waals surface area (Å²) in [6.07, 6.45) is 4.67. The quantitative estimate of drug-likeness (QED) is 0.0406. The Morgan fingerprint density at radius 2 is 1.07 bits per heavy atom. The minimum absolute atomic E-state index is 0.0719. The summed E-state index contributed by atoms with van der Waals surface area (Å²) in [5, 5.41) is 29.7. The number of nitrogens with one attached hydrogen (secondary N) is 7. The van der Waals surface area contributed by atoms with E-state index in [1.807, 2.05) is 97.1 Å². The fourth-order valence-corrected chi connectivity index (χ4v) is 7.11. The molecule has 0 saturated heterocycles. The van der Waals surface area contributed by atoms with Gasteiger partial charge < -0.3 is 43.8 Å². The average Bonchev–Trinajstić information content (AvgIpc) is 3.22. The van der Waals surface area contributed by atoms with Crippen molar-refractivity contribution in [2.75, 3.05) is 6.54 Å². The Labute approximate surface area is 335 Å². The van der Waals surface area contributed by atoms with Crippen molar-refractivity contribution in [1.29, 1.82) is 10.8 Å². The first-order valence-electron chi connectivity index (χ1n) is 19.7. The Hall–Kier alpha value is -6.21. The molecule has 0 aliphatic heterocycles. The number of aryl methyl sites for hydroxylation is 1. The van der Waals surface area contributed by atoms with Crippen LogP contribution in [0.5, 0.6) is 0 Å². The number of hydrogen-bond acceptors (Lipinski definition) is 6. The molecule has 3 atom stereocenters. The second-order valence-corrected chi connectivity index (χ2v) is 14.7. The van der Waals surface area contributed by atoms with Crippen molar-refractivity contribution in [3.63, 3.8) is 0 Å². The fourth-order valence-electron chi connectivity index (χ4n) is 7.11. The topological polar surface area (TPSA) is 237 Å². The predicted molar refractivity (Wildman–Crippen MR) is 226 cm³/mol. The maximum absolute atomic E-state index is 14.1. The first kappa shape index (κ1) is 41.9. The summed E-state index contributed by atoms with van der Waals surface area (Å²) in [5.74, 6) is -1.57. The smallest absolute Gasteiger partial charge is 0.243 e. The summed E-state index contributed by atoms with van der Waals surface area (Å²) in [4.78, 5) is 41.5. The third kappa shape index (κ3) is 13.5. The van der Waals surface area contributed by atoms with E-state index in [4.69, 9.17) is 28.0 Å². The van der Waals surface area contributed by atoms with Gasteiger partial charge in [0, 0.05) is 25.0 Å². The van der Waals surface area contributed by atoms with E-state index in [0.29, 0.717) is 38.6 Å². The number of carbonyl (C=O) groups excluding carboxylic acids is 3. The lowest BCUT2D eigenvalue weighted by Gasteiger charge is -2.31. The van der Waals surface area contributed by atoms with Crippen molar-refractivity contribution in [1.82, 2.24) is 26.6 Å². The third-order valence-corrected chi connectivity index (χ3v) is 10.3. The van der Waals surface area contributed by atoms with Gasteiger partial charge in [-0.15, -0.1) is 0 Å². The van der Waals surface area contributed by atoms with Gasteiger partial charge in [-0.2, -0.15) is 0 Å². The fraction of sp³-hybridized carbons (Fsp3) is 0.341. The minimum Gasteiger partial charge on any atom is -0.370 e. The van der Waals surface area contributed by atoms with Gasteiger partial charge in [-0.25, -0.2) is 0 Å². The zero-order valence-corrected chi connectivity index (χ0v) is 32.3. The van der Waals surface area contributed by atoms with E-state index in [9.17, 15) is 14.4 Å². The van der Waals surface area contributed by atoms with E-state index in [1.165, 1.54) is 0 Å². The highest BCUT2D eigenvalue weighted by Gasteiger charge is 2.30. The summed E-state index contributed by atoms with van der Waals surface area (Å²) in [6.45, 7) is 0.318. The van der Waals surface area contributed by atoms with Gasteiger partial charge in [-0.3, -0.25) is 25.2 Å². The Bertz CT molecular complexity index is 1920. The molecule has 13 heteroatoms. The van der Waals surface area contributed by atoms with Crippen LogP contribution in [0.2, 0.25) is 0 Å². The van der Waals surface area contributed by atoms with Gasteiger partial charge in [0.05, 0.1) is 6.04 Å². The van der Waals surface area contributed by atoms with Crippen LogP contribution in [0.1, 0.15) is 56.1 Å². The van der Waals surface area contributed by atoms with Gasteiger partial charge in [0.15, 0.2) is 11.9 Å². The number of amides is 3. The van der Waals surface area contributed by atoms with Gasteiger partial charge in [0.1, 0.15) is 12.1 Å². The highest BCUT2D eigenvalue weighted by molar-refractivity contribution is 5.93. The summed E-state index contributed by atoms with van der Waals surface area (Å²) in [7, 11) is 0. The summed E-state index contributed by atoms with van der Waals surface area (Å²) < 4.78 is 0. The van der Waals surface area contributed by atoms with Crippen LogP contribution in [0.3, 0.4) is 0 Å². The van der Waals surface area contributed by atoms with Gasteiger partial charge in [-0.1, -0.05) is 109 Å². The van der Waals surface area contributed by atoms with Crippen molar-refractivity contribution < 1.29 is 14.4 Å². The molecule has 0 bridgehead atoms. The molecule has 1 fully saturated rings. The monoisotopic (exact) mass is 772 g/mol. The number of nitrogens with two attached hydrogens (primary N) is 3. The number of guanidine groups is 2. The number of hydrogen-bond donors (Lipinski definition) is 10. The molecular weight excluding hydrogens is 717 g/mol. The molecule has 0 heterocycles. The number of rotatable bonds is 18. The normalized spacial score (nSPS) is 16.6. The van der Waals surface area contributed by atoms with Crippen molar-refractivity contribution >= 4 is 29.6 Å². The molecule has 0 aromatic heterocycles. The maximum atomic E-state index is 14.1. The Morgan fingerprint density at radius 1 is 0.579 bits per heavy atom. The summed E-state index contributed by atoms with van der Waals surface area (Å²) in [5.41, 5.74) is 23.6. The van der Waals surface area contributed by atoms with E-state index in [-0.39, 0.29) is 42.8 Å². The highest BCUT2D eigenvalue weighted by atomic mass is 16.2. The van der Waals surface area contributed by atoms with Crippen LogP contribution in [0.4, 0.5) is 0 Å². The molecule has 5 rings (SSSR count). The first-order valence-corrected chi connectivity index (χ1v) is 19.7. The Morgan fingerprint density at radius 3 is 1.60 bits per heavy atom. The molecule has 3 amide bonds. The molecule has 1 saturated carbocycles. The van der Waals surface area contributed by atoms with E-state index in [1.54, 1.807) is 0 Å². The van der Waals surface area contributed by atoms with Crippen LogP contribution in [0.15, 0.2) is 109 Å². The second-order valence-electron chi connectivity index (χ2n) is 14.7. The zero-order valence-electron chi connectivity index (χ0n) is 32.3. The van der Waals surface area contributed by atoms with Crippen molar-refractivity contribution in [3.8, 4) is 22.3 Å². The SMILES string of the molecule is N=C(N)NCCC[C@H](NC(=O)[C@@H](N)CCc1ccc(-c2ccccc2)cc1)C(=O)N[C@@H](Cc1ccc(-c2ccccc2)cc1)C(=O)N[C@H]1CC[C@H](NC(=N)N)CC1. The van der Waals surface area contributed by atoms with Crippen LogP contribution >= 0.6 is 0 Å². The molecule has 300 valence electrons. The van der Waals surface area contributed by atoms with Crippen LogP contribution in [-0.2, 0) is 27.2 Å². The Balaban J connectivity index is 1.26. The maximum Gasteiger partial charge on any atom is 0.243 e. The van der Waals surface area contributed by atoms with Crippen LogP contribution in [-0.4, -0.2) is 66.4 Å². The molecule has 4 aromatic carbocycles. The molecule has 1 aliphatic rings. The third-order valence-electron chi connectivity index (χ3n) is 10.3. The van der Waals surface area contributed by atoms with Crippen LogP contribution < -0.4 is 43.8 Å². The molecular formula is C44H56N10O3. The van der Waals surface area contributed by atoms with Gasteiger partial charge in [-0.05, 0) is 84.7 Å². The molecule has 13 N–H and O–H groups in total. The minimum atomic E-state index is -0.994. The van der Waals surface area contributed by atoms with E-state index < -0.39 is 29.9 Å². The average molecular weight is 773 g/mol. The van der Waals surface area contributed by atoms with Crippen LogP contribution in [0.25, 0.3) is 22.3 Å². The lowest BCUT2D eigenvalue weighted by Crippen LogP contribution is -2.57. The Kier molecular flexibility index (Phi) is 15.6. The van der Waals surface area contributed by atoms with E-state index in [2.05, 4.69) is 38.7 Å². The number of carbonyl (C=O) groups is 3. The molecule has 0 unspecified atom stereocenters. The van der Waals surface area contributed by atoms with Crippen molar-refractivity contribution in [2.45, 2.75) is 88.0 Å². The largest absolute Gasteiger partial charge is 0.370 e. The van der Waals surface area contributed by atoms with Crippen molar-refractivity contribution in [2.24, 2.45) is 17.2 Å². The lowest BCUT2D eigenvalue weighted by atomic mass is 9.90. The molecule has 1 aliphatic carbocycles. The molecule has 13 nitrogen and oxygen atoms in total. The second kappa shape index (κ2) is 21.2. The summed E-state index contributed by atoms with van der Waals surface area (Å²) in [6, 6.07) is 33.3. The van der Waals surface area contributed by atoms with Crippen molar-refractivity contribution in [3.05, 3.63) is 120 Å². The standard InChI is InChI=1S/C44H56N10O3/c45-37(26-17-29-13-18-33(19-14-29)31-8-3-1-4-9-31)40(55)53-38(12-7-27-50-43(46)47)41(56)54-39(42(57)51-35-22-24-36(25-23-35)52-44(48)49)28-30-15-20-34(21-16-30)32-10-5-2-6-11-32/h1-6,8-11,13-16,18-21,35-39H,7,12,17,22-28,45H2,(H,51,57)(H,53,55)(H,54,56)(H4,46,47,50)(H4,48,49,52)/t35-,36-,37-,38-,39-/m0/s1. The first-order chi connectivity index (χ1) is 27.5.